The molecule has 2 aromatic carbocycles. The minimum absolute atomic E-state index is 0.143. The molecule has 0 bridgehead atoms. The van der Waals surface area contributed by atoms with Crippen LogP contribution in [0.5, 0.6) is 0 Å². The fourth-order valence-corrected chi connectivity index (χ4v) is 3.29. The number of hydrogen-bond donors (Lipinski definition) is 3. The first kappa shape index (κ1) is 21.1. The van der Waals surface area contributed by atoms with E-state index in [1.54, 1.807) is 18.5 Å². The first-order valence-corrected chi connectivity index (χ1v) is 9.83. The summed E-state index contributed by atoms with van der Waals surface area (Å²) in [6, 6.07) is 14.1. The van der Waals surface area contributed by atoms with Crippen LogP contribution in [0.15, 0.2) is 60.9 Å². The molecule has 0 fully saturated rings. The molecule has 0 radical (unpaired) electrons. The van der Waals surface area contributed by atoms with Crippen molar-refractivity contribution in [2.45, 2.75) is 26.3 Å². The van der Waals surface area contributed by atoms with Crippen LogP contribution < -0.4 is 10.2 Å². The summed E-state index contributed by atoms with van der Waals surface area (Å²) in [6.07, 6.45) is 3.78. The second kappa shape index (κ2) is 9.26. The summed E-state index contributed by atoms with van der Waals surface area (Å²) in [5, 5.41) is 12.2. The minimum atomic E-state index is -1.03. The fourth-order valence-electron chi connectivity index (χ4n) is 3.29. The number of aliphatic carboxylic acids is 1. The van der Waals surface area contributed by atoms with E-state index in [4.69, 9.17) is 0 Å². The van der Waals surface area contributed by atoms with E-state index in [1.165, 1.54) is 0 Å². The van der Waals surface area contributed by atoms with Gasteiger partial charge in [0.25, 0.3) is 5.91 Å². The van der Waals surface area contributed by atoms with E-state index in [9.17, 15) is 14.7 Å². The monoisotopic (exact) mass is 406 g/mol. The largest absolute Gasteiger partial charge is 0.480 e. The fraction of sp³-hybridized carbons (Fsp3) is 0.261. The maximum absolute atomic E-state index is 13.0. The molecule has 0 aliphatic rings. The number of hydrogen-bond acceptors (Lipinski definition) is 4. The highest BCUT2D eigenvalue weighted by Gasteiger charge is 2.24. The summed E-state index contributed by atoms with van der Waals surface area (Å²) < 4.78 is 0. The molecule has 1 unspecified atom stereocenters. The molecule has 1 aromatic heterocycles. The van der Waals surface area contributed by atoms with Crippen LogP contribution in [0.4, 0.5) is 11.6 Å². The molecule has 1 atom stereocenters. The zero-order valence-corrected chi connectivity index (χ0v) is 17.3. The lowest BCUT2D eigenvalue weighted by Gasteiger charge is -2.21. The molecular weight excluding hydrogens is 380 g/mol. The number of aromatic nitrogens is 2. The molecule has 0 saturated heterocycles. The number of imidazole rings is 1. The van der Waals surface area contributed by atoms with Gasteiger partial charge in [-0.1, -0.05) is 44.2 Å². The van der Waals surface area contributed by atoms with E-state index in [1.807, 2.05) is 68.3 Å². The number of rotatable bonds is 8. The van der Waals surface area contributed by atoms with Crippen molar-refractivity contribution in [2.24, 2.45) is 5.92 Å². The quantitative estimate of drug-likeness (QED) is 0.524. The Kier molecular flexibility index (Phi) is 6.51. The second-order valence-electron chi connectivity index (χ2n) is 7.56. The van der Waals surface area contributed by atoms with Crippen molar-refractivity contribution in [2.75, 3.05) is 11.9 Å². The van der Waals surface area contributed by atoms with Crippen LogP contribution in [-0.2, 0) is 4.79 Å². The number of carbonyl (C=O) groups excluding carboxylic acids is 1. The van der Waals surface area contributed by atoms with Gasteiger partial charge in [-0.25, -0.2) is 9.78 Å². The zero-order valence-electron chi connectivity index (χ0n) is 17.3. The Morgan fingerprint density at radius 3 is 2.50 bits per heavy atom. The molecule has 1 amide bonds. The number of aromatic amines is 1. The van der Waals surface area contributed by atoms with Crippen LogP contribution in [0.1, 0.15) is 30.6 Å². The van der Waals surface area contributed by atoms with E-state index in [-0.39, 0.29) is 5.92 Å². The summed E-state index contributed by atoms with van der Waals surface area (Å²) in [5.41, 5.74) is 2.86. The van der Waals surface area contributed by atoms with Gasteiger partial charge in [0.05, 0.1) is 0 Å². The second-order valence-corrected chi connectivity index (χ2v) is 7.56. The molecule has 0 aliphatic carbocycles. The lowest BCUT2D eigenvalue weighted by Crippen LogP contribution is -2.41. The highest BCUT2D eigenvalue weighted by molar-refractivity contribution is 6.03. The maximum atomic E-state index is 13.0. The van der Waals surface area contributed by atoms with Crippen molar-refractivity contribution in [1.82, 2.24) is 15.3 Å². The zero-order chi connectivity index (χ0) is 21.7. The van der Waals surface area contributed by atoms with Crippen molar-refractivity contribution in [3.8, 4) is 11.1 Å². The molecule has 156 valence electrons. The average Bonchev–Trinajstić information content (AvgIpc) is 3.27. The Hall–Kier alpha value is -3.61. The number of carboxylic acids is 1. The van der Waals surface area contributed by atoms with Crippen molar-refractivity contribution < 1.29 is 14.7 Å². The molecule has 30 heavy (non-hydrogen) atoms. The van der Waals surface area contributed by atoms with Gasteiger partial charge in [0.2, 0.25) is 5.95 Å². The van der Waals surface area contributed by atoms with Gasteiger partial charge in [0.15, 0.2) is 0 Å². The van der Waals surface area contributed by atoms with Crippen molar-refractivity contribution in [1.29, 1.82) is 0 Å². The summed E-state index contributed by atoms with van der Waals surface area (Å²) >= 11 is 0. The summed E-state index contributed by atoms with van der Waals surface area (Å²) in [7, 11) is 1.88. The number of carboxylic acid groups (broad SMARTS) is 1. The highest BCUT2D eigenvalue weighted by Crippen LogP contribution is 2.30. The Bertz CT molecular complexity index is 1000. The molecule has 3 aromatic rings. The standard InChI is InChI=1S/C23H26N4O3/c1-15(2)13-20(22(29)30)26-21(28)18-10-9-17(27(3)23-24-11-12-25-23)14-19(18)16-7-5-4-6-8-16/h4-12,14-15,20H,13H2,1-3H3,(H,24,25)(H,26,28)(H,29,30). The van der Waals surface area contributed by atoms with Gasteiger partial charge in [-0.3, -0.25) is 4.79 Å². The molecule has 7 nitrogen and oxygen atoms in total. The number of anilines is 2. The van der Waals surface area contributed by atoms with E-state index >= 15 is 0 Å². The first-order chi connectivity index (χ1) is 14.4. The number of carbonyl (C=O) groups is 2. The number of nitrogens with zero attached hydrogens (tertiary/aromatic N) is 2. The number of nitrogens with one attached hydrogen (secondary N) is 2. The highest BCUT2D eigenvalue weighted by atomic mass is 16.4. The molecular formula is C23H26N4O3. The Morgan fingerprint density at radius 1 is 1.17 bits per heavy atom. The lowest BCUT2D eigenvalue weighted by atomic mass is 9.97. The van der Waals surface area contributed by atoms with Gasteiger partial charge < -0.3 is 20.3 Å². The van der Waals surface area contributed by atoms with Crippen LogP contribution in [-0.4, -0.2) is 40.0 Å². The molecule has 0 spiro atoms. The topological polar surface area (TPSA) is 98.3 Å². The van der Waals surface area contributed by atoms with Gasteiger partial charge in [-0.05, 0) is 41.7 Å². The SMILES string of the molecule is CC(C)CC(NC(=O)c1ccc(N(C)c2ncc[nH]2)cc1-c1ccccc1)C(=O)O. The number of H-pyrrole nitrogens is 1. The molecule has 1 heterocycles. The Balaban J connectivity index is 1.99. The van der Waals surface area contributed by atoms with Crippen LogP contribution in [0.25, 0.3) is 11.1 Å². The first-order valence-electron chi connectivity index (χ1n) is 9.83. The van der Waals surface area contributed by atoms with Gasteiger partial charge in [0, 0.05) is 30.7 Å². The van der Waals surface area contributed by atoms with E-state index < -0.39 is 17.9 Å². The third-order valence-electron chi connectivity index (χ3n) is 4.83. The van der Waals surface area contributed by atoms with Gasteiger partial charge in [0.1, 0.15) is 6.04 Å². The Morgan fingerprint density at radius 2 is 1.90 bits per heavy atom. The van der Waals surface area contributed by atoms with Crippen LogP contribution in [0.2, 0.25) is 0 Å². The van der Waals surface area contributed by atoms with E-state index in [2.05, 4.69) is 15.3 Å². The molecule has 3 rings (SSSR count). The van der Waals surface area contributed by atoms with Crippen LogP contribution >= 0.6 is 0 Å². The summed E-state index contributed by atoms with van der Waals surface area (Å²) in [6.45, 7) is 3.85. The normalized spacial score (nSPS) is 11.9. The van der Waals surface area contributed by atoms with Gasteiger partial charge >= 0.3 is 5.97 Å². The smallest absolute Gasteiger partial charge is 0.326 e. The third kappa shape index (κ3) is 4.86. The molecule has 3 N–H and O–H groups in total. The van der Waals surface area contributed by atoms with Crippen molar-refractivity contribution in [3.63, 3.8) is 0 Å². The van der Waals surface area contributed by atoms with Crippen LogP contribution in [0.3, 0.4) is 0 Å². The van der Waals surface area contributed by atoms with E-state index in [0.29, 0.717) is 17.9 Å². The van der Waals surface area contributed by atoms with Crippen LogP contribution in [0, 0.1) is 5.92 Å². The average molecular weight is 406 g/mol. The maximum Gasteiger partial charge on any atom is 0.326 e. The van der Waals surface area contributed by atoms with Gasteiger partial charge in [-0.2, -0.15) is 0 Å². The summed E-state index contributed by atoms with van der Waals surface area (Å²) in [4.78, 5) is 33.8. The van der Waals surface area contributed by atoms with E-state index in [0.717, 1.165) is 16.8 Å². The van der Waals surface area contributed by atoms with Crippen molar-refractivity contribution >= 4 is 23.5 Å². The molecule has 7 heteroatoms. The third-order valence-corrected chi connectivity index (χ3v) is 4.83. The Labute approximate surface area is 175 Å². The summed E-state index contributed by atoms with van der Waals surface area (Å²) in [5.74, 6) is -0.625. The van der Waals surface area contributed by atoms with Gasteiger partial charge in [-0.15, -0.1) is 0 Å². The minimum Gasteiger partial charge on any atom is -0.480 e. The van der Waals surface area contributed by atoms with Crippen molar-refractivity contribution in [3.05, 3.63) is 66.5 Å². The lowest BCUT2D eigenvalue weighted by molar-refractivity contribution is -0.139. The number of amides is 1. The predicted molar refractivity (Wildman–Crippen MR) is 117 cm³/mol. The molecule has 0 saturated carbocycles. The number of benzene rings is 2. The predicted octanol–water partition coefficient (Wildman–Crippen LogP) is 4.07. The molecule has 0 aliphatic heterocycles.